The smallest absolute Gasteiger partial charge is 0.349 e. The minimum atomic E-state index is -2.17. The number of aliphatic carboxylic acids is 1. The van der Waals surface area contributed by atoms with Gasteiger partial charge in [-0.15, -0.1) is 0 Å². The van der Waals surface area contributed by atoms with E-state index in [2.05, 4.69) is 0 Å². The van der Waals surface area contributed by atoms with Gasteiger partial charge in [-0.2, -0.15) is 0 Å². The van der Waals surface area contributed by atoms with E-state index < -0.39 is 47.7 Å². The highest BCUT2D eigenvalue weighted by Gasteiger charge is 2.57. The zero-order chi connectivity index (χ0) is 28.4. The lowest BCUT2D eigenvalue weighted by molar-refractivity contribution is -0.216. The maximum absolute atomic E-state index is 14.2. The fraction of sp³-hybridized carbons (Fsp3) is 0.267. The van der Waals surface area contributed by atoms with Gasteiger partial charge in [-0.3, -0.25) is 9.63 Å². The minimum absolute atomic E-state index is 0.0614. The van der Waals surface area contributed by atoms with Crippen molar-refractivity contribution in [1.82, 2.24) is 5.06 Å². The Balaban J connectivity index is 1.53. The Hall–Kier alpha value is -4.70. The lowest BCUT2D eigenvalue weighted by Crippen LogP contribution is -2.51. The molecule has 10 nitrogen and oxygen atoms in total. The molecule has 4 atom stereocenters. The number of esters is 2. The molecule has 1 amide bonds. The van der Waals surface area contributed by atoms with Gasteiger partial charge in [0.25, 0.3) is 5.91 Å². The first-order valence-corrected chi connectivity index (χ1v) is 12.7. The van der Waals surface area contributed by atoms with E-state index in [4.69, 9.17) is 19.0 Å². The number of para-hydroxylation sites is 1. The molecule has 206 valence electrons. The third kappa shape index (κ3) is 5.13. The number of carbonyl (C=O) groups excluding carboxylic acids is 3. The van der Waals surface area contributed by atoms with Gasteiger partial charge >= 0.3 is 17.9 Å². The number of hydrogen-bond donors (Lipinski definition) is 1. The Labute approximate surface area is 230 Å². The minimum Gasteiger partial charge on any atom is -0.493 e. The summed E-state index contributed by atoms with van der Waals surface area (Å²) in [7, 11) is 0. The molecular weight excluding hydrogens is 518 g/mol. The van der Waals surface area contributed by atoms with Crippen molar-refractivity contribution in [3.05, 3.63) is 102 Å². The lowest BCUT2D eigenvalue weighted by Gasteiger charge is -2.34. The molecule has 1 saturated heterocycles. The van der Waals surface area contributed by atoms with Gasteiger partial charge in [0, 0.05) is 5.56 Å². The highest BCUT2D eigenvalue weighted by Crippen LogP contribution is 2.50. The summed E-state index contributed by atoms with van der Waals surface area (Å²) in [5.41, 5.74) is -0.109. The molecular formula is C30H27NO9. The lowest BCUT2D eigenvalue weighted by atomic mass is 9.81. The van der Waals surface area contributed by atoms with Crippen LogP contribution in [-0.4, -0.2) is 58.4 Å². The number of carboxylic acid groups (broad SMARTS) is 1. The topological polar surface area (TPSA) is 129 Å². The molecule has 0 radical (unpaired) electrons. The van der Waals surface area contributed by atoms with Gasteiger partial charge in [0.1, 0.15) is 5.75 Å². The van der Waals surface area contributed by atoms with Crippen molar-refractivity contribution in [1.29, 1.82) is 0 Å². The summed E-state index contributed by atoms with van der Waals surface area (Å²) in [5.74, 6) is -4.42. The van der Waals surface area contributed by atoms with Crippen molar-refractivity contribution in [2.75, 3.05) is 6.61 Å². The van der Waals surface area contributed by atoms with Crippen LogP contribution in [-0.2, 0) is 23.9 Å². The monoisotopic (exact) mass is 545 g/mol. The average molecular weight is 546 g/mol. The van der Waals surface area contributed by atoms with E-state index in [-0.39, 0.29) is 23.7 Å². The summed E-state index contributed by atoms with van der Waals surface area (Å²) in [4.78, 5) is 58.6. The normalized spacial score (nSPS) is 20.2. The van der Waals surface area contributed by atoms with Crippen LogP contribution in [0.3, 0.4) is 0 Å². The van der Waals surface area contributed by atoms with E-state index in [0.29, 0.717) is 11.3 Å². The number of ether oxygens (including phenoxy) is 3. The van der Waals surface area contributed by atoms with Gasteiger partial charge in [0.2, 0.25) is 12.2 Å². The van der Waals surface area contributed by atoms with Crippen LogP contribution in [0.4, 0.5) is 0 Å². The van der Waals surface area contributed by atoms with Crippen LogP contribution in [0.1, 0.15) is 46.2 Å². The SMILES string of the molecule is CC1(C)ON(C(=O)[C@H](OC(=O)c2ccccc2)[C@@H](OC(=O)c2ccccc2)C(=O)O)[C@@H]2c3ccccc3OC[C@@H]21. The molecule has 2 aliphatic rings. The number of amides is 1. The summed E-state index contributed by atoms with van der Waals surface area (Å²) in [6, 6.07) is 21.9. The summed E-state index contributed by atoms with van der Waals surface area (Å²) in [6.07, 6.45) is -4.24. The number of hydroxylamine groups is 2. The van der Waals surface area contributed by atoms with Crippen LogP contribution in [0.25, 0.3) is 0 Å². The van der Waals surface area contributed by atoms with E-state index >= 15 is 0 Å². The first-order valence-electron chi connectivity index (χ1n) is 12.7. The second-order valence-corrected chi connectivity index (χ2v) is 9.98. The fourth-order valence-electron chi connectivity index (χ4n) is 4.90. The van der Waals surface area contributed by atoms with Gasteiger partial charge in [-0.25, -0.2) is 19.4 Å². The number of carboxylic acids is 1. The van der Waals surface area contributed by atoms with Gasteiger partial charge in [0.05, 0.1) is 35.3 Å². The largest absolute Gasteiger partial charge is 0.493 e. The molecule has 2 aliphatic heterocycles. The number of hydrogen-bond acceptors (Lipinski definition) is 8. The zero-order valence-corrected chi connectivity index (χ0v) is 21.8. The van der Waals surface area contributed by atoms with Crippen LogP contribution in [0.15, 0.2) is 84.9 Å². The fourth-order valence-corrected chi connectivity index (χ4v) is 4.90. The number of carbonyl (C=O) groups is 4. The highest BCUT2D eigenvalue weighted by atomic mass is 16.7. The van der Waals surface area contributed by atoms with Crippen LogP contribution >= 0.6 is 0 Å². The first-order chi connectivity index (χ1) is 19.2. The molecule has 0 aliphatic carbocycles. The van der Waals surface area contributed by atoms with Gasteiger partial charge < -0.3 is 19.3 Å². The Morgan fingerprint density at radius 3 is 1.93 bits per heavy atom. The van der Waals surface area contributed by atoms with Crippen molar-refractivity contribution in [2.24, 2.45) is 5.92 Å². The molecule has 0 saturated carbocycles. The van der Waals surface area contributed by atoms with Crippen molar-refractivity contribution in [3.8, 4) is 5.75 Å². The summed E-state index contributed by atoms with van der Waals surface area (Å²) < 4.78 is 16.7. The average Bonchev–Trinajstić information content (AvgIpc) is 3.25. The molecule has 1 N–H and O–H groups in total. The predicted molar refractivity (Wildman–Crippen MR) is 139 cm³/mol. The number of fused-ring (bicyclic) bond motifs is 3. The molecule has 10 heteroatoms. The van der Waals surface area contributed by atoms with Crippen LogP contribution in [0.5, 0.6) is 5.75 Å². The molecule has 5 rings (SSSR count). The van der Waals surface area contributed by atoms with E-state index in [9.17, 15) is 24.3 Å². The third-order valence-corrected chi connectivity index (χ3v) is 6.98. The maximum atomic E-state index is 14.2. The Kier molecular flexibility index (Phi) is 7.27. The summed E-state index contributed by atoms with van der Waals surface area (Å²) >= 11 is 0. The van der Waals surface area contributed by atoms with Gasteiger partial charge in [-0.1, -0.05) is 54.6 Å². The van der Waals surface area contributed by atoms with E-state index in [1.165, 1.54) is 24.3 Å². The van der Waals surface area contributed by atoms with E-state index in [1.54, 1.807) is 74.5 Å². The van der Waals surface area contributed by atoms with E-state index in [0.717, 1.165) is 5.06 Å². The molecule has 2 heterocycles. The first kappa shape index (κ1) is 26.9. The molecule has 3 aromatic rings. The number of rotatable bonds is 7. The highest BCUT2D eigenvalue weighted by molar-refractivity contribution is 5.96. The quantitative estimate of drug-likeness (QED) is 0.441. The van der Waals surface area contributed by atoms with Gasteiger partial charge in [0.15, 0.2) is 0 Å². The van der Waals surface area contributed by atoms with Crippen LogP contribution in [0.2, 0.25) is 0 Å². The zero-order valence-electron chi connectivity index (χ0n) is 21.8. The van der Waals surface area contributed by atoms with Crippen molar-refractivity contribution in [2.45, 2.75) is 37.7 Å². The third-order valence-electron chi connectivity index (χ3n) is 6.98. The molecule has 3 aromatic carbocycles. The predicted octanol–water partition coefficient (Wildman–Crippen LogP) is 3.82. The van der Waals surface area contributed by atoms with Gasteiger partial charge in [-0.05, 0) is 44.2 Å². The molecule has 0 bridgehead atoms. The number of benzene rings is 3. The number of nitrogens with zero attached hydrogens (tertiary/aromatic N) is 1. The Morgan fingerprint density at radius 2 is 1.35 bits per heavy atom. The van der Waals surface area contributed by atoms with E-state index in [1.807, 2.05) is 0 Å². The Bertz CT molecular complexity index is 1420. The van der Waals surface area contributed by atoms with Crippen molar-refractivity contribution < 1.29 is 43.3 Å². The second kappa shape index (κ2) is 10.8. The molecule has 0 unspecified atom stereocenters. The summed E-state index contributed by atoms with van der Waals surface area (Å²) in [5, 5.41) is 11.1. The molecule has 40 heavy (non-hydrogen) atoms. The summed E-state index contributed by atoms with van der Waals surface area (Å²) in [6.45, 7) is 3.80. The van der Waals surface area contributed by atoms with Crippen molar-refractivity contribution in [3.63, 3.8) is 0 Å². The maximum Gasteiger partial charge on any atom is 0.349 e. The van der Waals surface area contributed by atoms with Crippen LogP contribution in [0, 0.1) is 5.92 Å². The molecule has 0 spiro atoms. The second-order valence-electron chi connectivity index (χ2n) is 9.98. The standard InChI is InChI=1S/C30H27NO9/c1-30(2)21-17-37-22-16-10-9-15-20(22)23(21)31(40-30)26(32)24(38-28(35)18-11-5-3-6-12-18)25(27(33)34)39-29(36)19-13-7-4-8-14-19/h3-16,21,23-25H,17H2,1-2H3,(H,33,34)/t21-,23+,24+,25+/m0/s1. The Morgan fingerprint density at radius 1 is 0.825 bits per heavy atom. The van der Waals surface area contributed by atoms with Crippen molar-refractivity contribution >= 4 is 23.8 Å². The molecule has 0 aromatic heterocycles. The molecule has 1 fully saturated rings. The van der Waals surface area contributed by atoms with Crippen LogP contribution < -0.4 is 4.74 Å².